The number of amides is 1. The molecule has 20 heavy (non-hydrogen) atoms. The van der Waals surface area contributed by atoms with Crippen LogP contribution in [0.4, 0.5) is 5.69 Å². The number of benzene rings is 1. The largest absolute Gasteiger partial charge is 0.495 e. The van der Waals surface area contributed by atoms with Gasteiger partial charge in [0.2, 0.25) is 0 Å². The fourth-order valence-corrected chi connectivity index (χ4v) is 1.42. The van der Waals surface area contributed by atoms with Gasteiger partial charge in [0, 0.05) is 19.9 Å². The van der Waals surface area contributed by atoms with Gasteiger partial charge in [-0.05, 0) is 12.1 Å². The third-order valence-electron chi connectivity index (χ3n) is 2.42. The topological polar surface area (TPSA) is 83.4 Å². The Bertz CT molecular complexity index is 521. The molecule has 0 aliphatic rings. The Morgan fingerprint density at radius 1 is 1.40 bits per heavy atom. The number of carbonyl (C=O) groups is 1. The van der Waals surface area contributed by atoms with Crippen LogP contribution in [-0.4, -0.2) is 33.3 Å². The maximum Gasteiger partial charge on any atom is 0.267 e. The summed E-state index contributed by atoms with van der Waals surface area (Å²) in [6, 6.07) is 8.83. The van der Waals surface area contributed by atoms with E-state index in [9.17, 15) is 4.79 Å². The van der Waals surface area contributed by atoms with Crippen molar-refractivity contribution in [3.05, 3.63) is 36.0 Å². The lowest BCUT2D eigenvalue weighted by Crippen LogP contribution is -2.19. The number of carbonyl (C=O) groups excluding carboxylic acids is 1. The number of nitrogens with one attached hydrogen (secondary N) is 2. The van der Waals surface area contributed by atoms with Gasteiger partial charge in [0.05, 0.1) is 19.4 Å². The summed E-state index contributed by atoms with van der Waals surface area (Å²) in [7, 11) is 3.09. The van der Waals surface area contributed by atoms with Gasteiger partial charge in [0.1, 0.15) is 17.4 Å². The van der Waals surface area contributed by atoms with Crippen molar-refractivity contribution >= 4 is 11.6 Å². The first kappa shape index (κ1) is 15.5. The summed E-state index contributed by atoms with van der Waals surface area (Å²) in [5, 5.41) is 14.4. The standard InChI is InChI=1S/C14H17N3O3/c1-19-8-7-16-10-11(9-15)14(18)17-12-5-3-4-6-13(12)20-2/h3-6,10,16H,7-8H2,1-2H3,(H,17,18)/b11-10-. The van der Waals surface area contributed by atoms with E-state index < -0.39 is 5.91 Å². The maximum atomic E-state index is 11.9. The summed E-state index contributed by atoms with van der Waals surface area (Å²) in [4.78, 5) is 11.9. The van der Waals surface area contributed by atoms with E-state index in [-0.39, 0.29) is 5.57 Å². The zero-order chi connectivity index (χ0) is 14.8. The van der Waals surface area contributed by atoms with Crippen LogP contribution >= 0.6 is 0 Å². The van der Waals surface area contributed by atoms with Crippen LogP contribution < -0.4 is 15.4 Å². The molecule has 1 rings (SSSR count). The molecular weight excluding hydrogens is 258 g/mol. The first-order chi connectivity index (χ1) is 9.72. The number of ether oxygens (including phenoxy) is 2. The van der Waals surface area contributed by atoms with Gasteiger partial charge in [-0.3, -0.25) is 4.79 Å². The fraction of sp³-hybridized carbons (Fsp3) is 0.286. The molecule has 0 saturated heterocycles. The minimum atomic E-state index is -0.498. The molecule has 0 atom stereocenters. The highest BCUT2D eigenvalue weighted by Crippen LogP contribution is 2.23. The van der Waals surface area contributed by atoms with Crippen LogP contribution in [0.5, 0.6) is 5.75 Å². The molecule has 0 saturated carbocycles. The highest BCUT2D eigenvalue weighted by molar-refractivity contribution is 6.07. The molecule has 0 fully saturated rings. The van der Waals surface area contributed by atoms with Gasteiger partial charge in [-0.2, -0.15) is 5.26 Å². The molecule has 0 bridgehead atoms. The molecular formula is C14H17N3O3. The summed E-state index contributed by atoms with van der Waals surface area (Å²) in [5.74, 6) is 0.0346. The van der Waals surface area contributed by atoms with Gasteiger partial charge in [-0.15, -0.1) is 0 Å². The summed E-state index contributed by atoms with van der Waals surface area (Å²) in [6.07, 6.45) is 1.36. The zero-order valence-electron chi connectivity index (χ0n) is 11.5. The van der Waals surface area contributed by atoms with Crippen LogP contribution in [-0.2, 0) is 9.53 Å². The van der Waals surface area contributed by atoms with E-state index in [1.165, 1.54) is 13.3 Å². The number of hydrogen-bond donors (Lipinski definition) is 2. The van der Waals surface area contributed by atoms with Crippen molar-refractivity contribution in [1.29, 1.82) is 5.26 Å². The Morgan fingerprint density at radius 2 is 2.15 bits per heavy atom. The van der Waals surface area contributed by atoms with Crippen molar-refractivity contribution in [2.24, 2.45) is 0 Å². The zero-order valence-corrected chi connectivity index (χ0v) is 11.5. The lowest BCUT2D eigenvalue weighted by Gasteiger charge is -2.09. The van der Waals surface area contributed by atoms with E-state index >= 15 is 0 Å². The van der Waals surface area contributed by atoms with Crippen molar-refractivity contribution < 1.29 is 14.3 Å². The van der Waals surface area contributed by atoms with Gasteiger partial charge >= 0.3 is 0 Å². The second-order valence-corrected chi connectivity index (χ2v) is 3.77. The first-order valence-corrected chi connectivity index (χ1v) is 6.00. The summed E-state index contributed by atoms with van der Waals surface area (Å²) in [5.41, 5.74) is 0.491. The van der Waals surface area contributed by atoms with E-state index in [0.29, 0.717) is 24.6 Å². The van der Waals surface area contributed by atoms with Gasteiger partial charge in [0.25, 0.3) is 5.91 Å². The number of nitrogens with zero attached hydrogens (tertiary/aromatic N) is 1. The molecule has 1 amide bonds. The van der Waals surface area contributed by atoms with Crippen LogP contribution in [0.25, 0.3) is 0 Å². The van der Waals surface area contributed by atoms with Crippen molar-refractivity contribution in [3.8, 4) is 11.8 Å². The Morgan fingerprint density at radius 3 is 2.80 bits per heavy atom. The summed E-state index contributed by atoms with van der Waals surface area (Å²) >= 11 is 0. The van der Waals surface area contributed by atoms with Crippen LogP contribution in [0.3, 0.4) is 0 Å². The average molecular weight is 275 g/mol. The van der Waals surface area contributed by atoms with Gasteiger partial charge < -0.3 is 20.1 Å². The van der Waals surface area contributed by atoms with Gasteiger partial charge in [0.15, 0.2) is 0 Å². The lowest BCUT2D eigenvalue weighted by molar-refractivity contribution is -0.112. The molecule has 0 spiro atoms. The van der Waals surface area contributed by atoms with Crippen molar-refractivity contribution in [1.82, 2.24) is 5.32 Å². The molecule has 0 aliphatic heterocycles. The lowest BCUT2D eigenvalue weighted by atomic mass is 10.2. The number of nitriles is 1. The van der Waals surface area contributed by atoms with Crippen molar-refractivity contribution in [3.63, 3.8) is 0 Å². The third-order valence-corrected chi connectivity index (χ3v) is 2.42. The van der Waals surface area contributed by atoms with E-state index in [4.69, 9.17) is 14.7 Å². The molecule has 0 aliphatic carbocycles. The molecule has 6 heteroatoms. The second kappa shape index (κ2) is 8.56. The Hall–Kier alpha value is -2.52. The molecule has 6 nitrogen and oxygen atoms in total. The second-order valence-electron chi connectivity index (χ2n) is 3.77. The molecule has 0 radical (unpaired) electrons. The van der Waals surface area contributed by atoms with Crippen LogP contribution in [0.15, 0.2) is 36.0 Å². The monoisotopic (exact) mass is 275 g/mol. The Balaban J connectivity index is 2.70. The summed E-state index contributed by atoms with van der Waals surface area (Å²) in [6.45, 7) is 1.01. The first-order valence-electron chi connectivity index (χ1n) is 6.00. The van der Waals surface area contributed by atoms with Crippen LogP contribution in [0.1, 0.15) is 0 Å². The molecule has 2 N–H and O–H groups in total. The molecule has 0 aromatic heterocycles. The molecule has 0 unspecified atom stereocenters. The Kier molecular flexibility index (Phi) is 6.65. The highest BCUT2D eigenvalue weighted by Gasteiger charge is 2.11. The smallest absolute Gasteiger partial charge is 0.267 e. The highest BCUT2D eigenvalue weighted by atomic mass is 16.5. The van der Waals surface area contributed by atoms with E-state index in [2.05, 4.69) is 10.6 Å². The maximum absolute atomic E-state index is 11.9. The van der Waals surface area contributed by atoms with E-state index in [1.54, 1.807) is 31.4 Å². The molecule has 106 valence electrons. The number of rotatable bonds is 7. The summed E-state index contributed by atoms with van der Waals surface area (Å²) < 4.78 is 9.98. The molecule has 1 aromatic carbocycles. The molecule has 1 aromatic rings. The quantitative estimate of drug-likeness (QED) is 0.445. The van der Waals surface area contributed by atoms with Crippen molar-refractivity contribution in [2.45, 2.75) is 0 Å². The predicted molar refractivity (Wildman–Crippen MR) is 75.2 cm³/mol. The minimum Gasteiger partial charge on any atom is -0.495 e. The number of hydrogen-bond acceptors (Lipinski definition) is 5. The Labute approximate surface area is 118 Å². The van der Waals surface area contributed by atoms with Gasteiger partial charge in [-0.1, -0.05) is 12.1 Å². The number of para-hydroxylation sites is 2. The number of anilines is 1. The van der Waals surface area contributed by atoms with Crippen molar-refractivity contribution in [2.75, 3.05) is 32.7 Å². The third kappa shape index (κ3) is 4.63. The van der Waals surface area contributed by atoms with Gasteiger partial charge in [-0.25, -0.2) is 0 Å². The van der Waals surface area contributed by atoms with E-state index in [1.807, 2.05) is 6.07 Å². The van der Waals surface area contributed by atoms with Crippen LogP contribution in [0.2, 0.25) is 0 Å². The van der Waals surface area contributed by atoms with Crippen LogP contribution in [0, 0.1) is 11.3 Å². The minimum absolute atomic E-state index is 0.0213. The molecule has 0 heterocycles. The SMILES string of the molecule is COCCN/C=C(/C#N)C(=O)Nc1ccccc1OC. The average Bonchev–Trinajstić information content (AvgIpc) is 2.48. The fourth-order valence-electron chi connectivity index (χ4n) is 1.42. The predicted octanol–water partition coefficient (Wildman–Crippen LogP) is 1.28. The normalized spacial score (nSPS) is 10.6. The van der Waals surface area contributed by atoms with E-state index in [0.717, 1.165) is 0 Å². The number of methoxy groups -OCH3 is 2.